The summed E-state index contributed by atoms with van der Waals surface area (Å²) in [5.41, 5.74) is 0.561. The van der Waals surface area contributed by atoms with E-state index in [0.717, 1.165) is 12.1 Å². The topological polar surface area (TPSA) is 41.9 Å². The largest absolute Gasteiger partial charge is 0.491 e. The Morgan fingerprint density at radius 3 is 2.56 bits per heavy atom. The quantitative estimate of drug-likeness (QED) is 0.803. The Morgan fingerprint density at radius 2 is 1.85 bits per heavy atom. The number of aliphatic hydroxyl groups excluding tert-OH is 1. The van der Waals surface area contributed by atoms with Crippen molar-refractivity contribution in [3.8, 4) is 5.75 Å². The number of ether oxygens (including phenoxy) is 2. The van der Waals surface area contributed by atoms with E-state index in [9.17, 15) is 18.3 Å². The highest BCUT2D eigenvalue weighted by atomic mass is 35.5. The zero-order chi connectivity index (χ0) is 18.5. The lowest BCUT2D eigenvalue weighted by atomic mass is 10.1. The van der Waals surface area contributed by atoms with E-state index < -0.39 is 17.7 Å². The Bertz CT molecular complexity index is 733. The highest BCUT2D eigenvalue weighted by Gasteiger charge is 2.24. The number of hydrogen-bond acceptors (Lipinski definition) is 4. The van der Waals surface area contributed by atoms with E-state index >= 15 is 0 Å². The molecule has 1 fully saturated rings. The van der Waals surface area contributed by atoms with Gasteiger partial charge in [-0.2, -0.15) is 0 Å². The predicted octanol–water partition coefficient (Wildman–Crippen LogP) is 3.34. The maximum Gasteiger partial charge on any atom is 0.159 e. The van der Waals surface area contributed by atoms with Crippen LogP contribution in [0.5, 0.6) is 5.75 Å². The molecule has 8 heteroatoms. The molecule has 2 unspecified atom stereocenters. The second-order valence-electron chi connectivity index (χ2n) is 6.21. The van der Waals surface area contributed by atoms with E-state index in [1.54, 1.807) is 0 Å². The Morgan fingerprint density at radius 1 is 1.11 bits per heavy atom. The zero-order valence-corrected chi connectivity index (χ0v) is 15.3. The summed E-state index contributed by atoms with van der Waals surface area (Å²) in [6.07, 6.45) is -1.13. The molecule has 0 bridgehead atoms. The number of aliphatic hydroxyl groups is 1. The molecule has 0 aromatic heterocycles. The highest BCUT2D eigenvalue weighted by molar-refractivity contribution is 5.85. The van der Waals surface area contributed by atoms with Gasteiger partial charge in [0.25, 0.3) is 0 Å². The highest BCUT2D eigenvalue weighted by Crippen LogP contribution is 2.24. The van der Waals surface area contributed by atoms with E-state index in [2.05, 4.69) is 0 Å². The number of morpholine rings is 1. The van der Waals surface area contributed by atoms with Gasteiger partial charge in [0.15, 0.2) is 11.6 Å². The molecule has 0 aliphatic carbocycles. The average Bonchev–Trinajstić information content (AvgIpc) is 2.64. The summed E-state index contributed by atoms with van der Waals surface area (Å²) in [4.78, 5) is 1.98. The molecule has 1 saturated heterocycles. The second kappa shape index (κ2) is 9.94. The third-order valence-corrected chi connectivity index (χ3v) is 4.19. The molecule has 0 spiro atoms. The summed E-state index contributed by atoms with van der Waals surface area (Å²) in [5, 5.41) is 10.2. The number of hydrogen-bond donors (Lipinski definition) is 1. The fraction of sp³-hybridized carbons (Fsp3) is 0.368. The van der Waals surface area contributed by atoms with Crippen LogP contribution in [0.25, 0.3) is 0 Å². The summed E-state index contributed by atoms with van der Waals surface area (Å²) in [6.45, 7) is 1.92. The van der Waals surface area contributed by atoms with Crippen LogP contribution in [0.4, 0.5) is 13.2 Å². The number of halogens is 4. The number of nitrogens with zero attached hydrogens (tertiary/aromatic N) is 1. The minimum atomic E-state index is -0.907. The molecular formula is C19H21ClF3NO3. The van der Waals surface area contributed by atoms with Crippen LogP contribution in [-0.4, -0.2) is 49.0 Å². The Hall–Kier alpha value is -1.80. The van der Waals surface area contributed by atoms with E-state index in [4.69, 9.17) is 9.47 Å². The van der Waals surface area contributed by atoms with Crippen LogP contribution in [0.2, 0.25) is 0 Å². The molecule has 0 amide bonds. The van der Waals surface area contributed by atoms with Gasteiger partial charge in [0.1, 0.15) is 24.3 Å². The summed E-state index contributed by atoms with van der Waals surface area (Å²) < 4.78 is 50.4. The number of β-amino-alcohol motifs (C(OH)–C–C–N with tert-alkyl or cyclic N) is 1. The lowest BCUT2D eigenvalue weighted by molar-refractivity contribution is -0.0460. The monoisotopic (exact) mass is 403 g/mol. The van der Waals surface area contributed by atoms with Crippen molar-refractivity contribution in [2.75, 3.05) is 32.8 Å². The average molecular weight is 404 g/mol. The zero-order valence-electron chi connectivity index (χ0n) is 14.5. The lowest BCUT2D eigenvalue weighted by Gasteiger charge is -2.34. The Kier molecular flexibility index (Phi) is 7.91. The van der Waals surface area contributed by atoms with Crippen molar-refractivity contribution in [3.05, 3.63) is 65.5 Å². The molecule has 2 atom stereocenters. The van der Waals surface area contributed by atoms with Crippen LogP contribution in [0.15, 0.2) is 42.5 Å². The molecule has 4 nitrogen and oxygen atoms in total. The predicted molar refractivity (Wildman–Crippen MR) is 96.6 cm³/mol. The molecule has 1 N–H and O–H groups in total. The van der Waals surface area contributed by atoms with Gasteiger partial charge >= 0.3 is 0 Å². The van der Waals surface area contributed by atoms with Crippen molar-refractivity contribution in [3.63, 3.8) is 0 Å². The van der Waals surface area contributed by atoms with Crippen LogP contribution in [0.1, 0.15) is 11.7 Å². The molecule has 1 aliphatic heterocycles. The number of rotatable bonds is 6. The Labute approximate surface area is 161 Å². The first-order valence-electron chi connectivity index (χ1n) is 8.36. The fourth-order valence-electron chi connectivity index (χ4n) is 2.86. The SMILES string of the molecule is Cl.OC(COc1ccc(F)cc1)CN1CCOC(c2ccc(F)c(F)c2)C1. The van der Waals surface area contributed by atoms with Gasteiger partial charge < -0.3 is 14.6 Å². The fourth-order valence-corrected chi connectivity index (χ4v) is 2.86. The first kappa shape index (κ1) is 21.5. The van der Waals surface area contributed by atoms with Gasteiger partial charge in [-0.1, -0.05) is 6.07 Å². The van der Waals surface area contributed by atoms with Crippen LogP contribution in [0, 0.1) is 17.5 Å². The first-order chi connectivity index (χ1) is 12.5. The smallest absolute Gasteiger partial charge is 0.159 e. The summed E-state index contributed by atoms with van der Waals surface area (Å²) in [7, 11) is 0. The van der Waals surface area contributed by atoms with Crippen molar-refractivity contribution >= 4 is 12.4 Å². The van der Waals surface area contributed by atoms with E-state index in [1.807, 2.05) is 4.90 Å². The van der Waals surface area contributed by atoms with E-state index in [1.165, 1.54) is 30.3 Å². The van der Waals surface area contributed by atoms with Crippen molar-refractivity contribution in [2.45, 2.75) is 12.2 Å². The van der Waals surface area contributed by atoms with Gasteiger partial charge in [-0.15, -0.1) is 12.4 Å². The number of benzene rings is 2. The van der Waals surface area contributed by atoms with Crippen LogP contribution < -0.4 is 4.74 Å². The van der Waals surface area contributed by atoms with Crippen molar-refractivity contribution in [1.82, 2.24) is 4.90 Å². The van der Waals surface area contributed by atoms with E-state index in [-0.39, 0.29) is 30.9 Å². The van der Waals surface area contributed by atoms with Crippen LogP contribution in [-0.2, 0) is 4.74 Å². The molecule has 148 valence electrons. The first-order valence-corrected chi connectivity index (χ1v) is 8.36. The third-order valence-electron chi connectivity index (χ3n) is 4.19. The third kappa shape index (κ3) is 6.10. The standard InChI is InChI=1S/C19H20F3NO3.ClH/c20-14-2-4-16(5-3-14)26-12-15(24)10-23-7-8-25-19(11-23)13-1-6-17(21)18(22)9-13;/h1-6,9,15,19,24H,7-8,10-12H2;1H. The maximum atomic E-state index is 13.4. The van der Waals surface area contributed by atoms with Crippen molar-refractivity contribution < 1.29 is 27.8 Å². The van der Waals surface area contributed by atoms with Crippen molar-refractivity contribution in [1.29, 1.82) is 0 Å². The molecule has 3 rings (SSSR count). The molecule has 1 heterocycles. The summed E-state index contributed by atoms with van der Waals surface area (Å²) in [6, 6.07) is 9.29. The van der Waals surface area contributed by atoms with Gasteiger partial charge in [0, 0.05) is 19.6 Å². The lowest BCUT2D eigenvalue weighted by Crippen LogP contribution is -2.43. The summed E-state index contributed by atoms with van der Waals surface area (Å²) >= 11 is 0. The van der Waals surface area contributed by atoms with Crippen LogP contribution >= 0.6 is 12.4 Å². The van der Waals surface area contributed by atoms with Crippen LogP contribution in [0.3, 0.4) is 0 Å². The molecule has 0 radical (unpaired) electrons. The van der Waals surface area contributed by atoms with Gasteiger partial charge in [0.2, 0.25) is 0 Å². The minimum Gasteiger partial charge on any atom is -0.491 e. The summed E-state index contributed by atoms with van der Waals surface area (Å²) in [5.74, 6) is -1.67. The molecule has 27 heavy (non-hydrogen) atoms. The van der Waals surface area contributed by atoms with Gasteiger partial charge in [-0.25, -0.2) is 13.2 Å². The van der Waals surface area contributed by atoms with Gasteiger partial charge in [-0.3, -0.25) is 4.90 Å². The molecule has 2 aromatic rings. The maximum absolute atomic E-state index is 13.4. The molecule has 2 aromatic carbocycles. The second-order valence-corrected chi connectivity index (χ2v) is 6.21. The minimum absolute atomic E-state index is 0. The molecule has 1 aliphatic rings. The van der Waals surface area contributed by atoms with Crippen molar-refractivity contribution in [2.24, 2.45) is 0 Å². The van der Waals surface area contributed by atoms with Gasteiger partial charge in [0.05, 0.1) is 12.7 Å². The molecular weight excluding hydrogens is 383 g/mol. The Balaban J connectivity index is 0.00000261. The normalized spacial score (nSPS) is 18.6. The molecule has 0 saturated carbocycles. The van der Waals surface area contributed by atoms with Gasteiger partial charge in [-0.05, 0) is 42.0 Å². The van der Waals surface area contributed by atoms with E-state index in [0.29, 0.717) is 37.6 Å².